The molecule has 2 unspecified atom stereocenters. The fraction of sp³-hybridized carbons (Fsp3) is 0.457. The third kappa shape index (κ3) is 9.33. The lowest BCUT2D eigenvalue weighted by Gasteiger charge is -2.34. The topological polar surface area (TPSA) is 87.7 Å². The van der Waals surface area contributed by atoms with Crippen LogP contribution in [-0.4, -0.2) is 41.0 Å². The number of alkyl carbamates (subject to hydrolysis) is 1. The molecule has 3 amide bonds. The molecule has 0 fully saturated rings. The van der Waals surface area contributed by atoms with Crippen LogP contribution in [0.1, 0.15) is 89.5 Å². The van der Waals surface area contributed by atoms with Gasteiger partial charge in [-0.3, -0.25) is 9.59 Å². The molecule has 226 valence electrons. The maximum atomic E-state index is 14.2. The molecular weight excluding hydrogens is 526 g/mol. The zero-order chi connectivity index (χ0) is 30.9. The second kappa shape index (κ2) is 14.9. The van der Waals surface area contributed by atoms with E-state index in [1.54, 1.807) is 32.6 Å². The Labute approximate surface area is 251 Å². The highest BCUT2D eigenvalue weighted by Crippen LogP contribution is 2.29. The molecular formula is C35H47N3O4. The lowest BCUT2D eigenvalue weighted by molar-refractivity contribution is -0.140. The number of fused-ring (bicyclic) bond motifs is 1. The van der Waals surface area contributed by atoms with Crippen LogP contribution < -0.4 is 10.6 Å². The first-order valence-corrected chi connectivity index (χ1v) is 15.1. The molecule has 0 aliphatic rings. The van der Waals surface area contributed by atoms with Gasteiger partial charge in [0.15, 0.2) is 0 Å². The number of hydrogen-bond acceptors (Lipinski definition) is 4. The summed E-state index contributed by atoms with van der Waals surface area (Å²) >= 11 is 0. The molecule has 0 aromatic heterocycles. The Morgan fingerprint density at radius 1 is 0.881 bits per heavy atom. The van der Waals surface area contributed by atoms with E-state index < -0.39 is 23.8 Å². The van der Waals surface area contributed by atoms with E-state index in [2.05, 4.69) is 17.6 Å². The number of benzene rings is 3. The molecule has 2 atom stereocenters. The van der Waals surface area contributed by atoms with Gasteiger partial charge in [0.25, 0.3) is 5.91 Å². The van der Waals surface area contributed by atoms with E-state index in [0.29, 0.717) is 12.2 Å². The van der Waals surface area contributed by atoms with Crippen LogP contribution in [0, 0.1) is 13.8 Å². The van der Waals surface area contributed by atoms with E-state index in [1.807, 2.05) is 74.5 Å². The van der Waals surface area contributed by atoms with E-state index in [-0.39, 0.29) is 11.8 Å². The largest absolute Gasteiger partial charge is 0.444 e. The van der Waals surface area contributed by atoms with Crippen molar-refractivity contribution in [2.45, 2.75) is 98.3 Å². The number of nitrogens with zero attached hydrogens (tertiary/aromatic N) is 1. The van der Waals surface area contributed by atoms with Crippen LogP contribution in [0.5, 0.6) is 0 Å². The lowest BCUT2D eigenvalue weighted by atomic mass is 9.95. The Morgan fingerprint density at radius 3 is 2.26 bits per heavy atom. The van der Waals surface area contributed by atoms with E-state index in [4.69, 9.17) is 4.74 Å². The highest BCUT2D eigenvalue weighted by atomic mass is 16.6. The summed E-state index contributed by atoms with van der Waals surface area (Å²) in [4.78, 5) is 42.5. The summed E-state index contributed by atoms with van der Waals surface area (Å²) < 4.78 is 5.41. The lowest BCUT2D eigenvalue weighted by Crippen LogP contribution is -2.51. The molecule has 3 aromatic carbocycles. The maximum Gasteiger partial charge on any atom is 0.408 e. The summed E-state index contributed by atoms with van der Waals surface area (Å²) in [5, 5.41) is 7.86. The molecule has 0 radical (unpaired) electrons. The molecule has 42 heavy (non-hydrogen) atoms. The fourth-order valence-corrected chi connectivity index (χ4v) is 5.03. The Balaban J connectivity index is 1.99. The van der Waals surface area contributed by atoms with Gasteiger partial charge in [0.1, 0.15) is 17.7 Å². The number of ether oxygens (including phenoxy) is 1. The molecule has 7 nitrogen and oxygen atoms in total. The van der Waals surface area contributed by atoms with Gasteiger partial charge >= 0.3 is 6.09 Å². The van der Waals surface area contributed by atoms with E-state index >= 15 is 0 Å². The number of hydrogen-bond donors (Lipinski definition) is 2. The molecule has 3 aromatic rings. The van der Waals surface area contributed by atoms with Crippen molar-refractivity contribution in [3.63, 3.8) is 0 Å². The number of carbonyl (C=O) groups excluding carboxylic acids is 3. The zero-order valence-corrected chi connectivity index (χ0v) is 26.3. The van der Waals surface area contributed by atoms with Crippen molar-refractivity contribution in [2.24, 2.45) is 0 Å². The molecule has 0 spiro atoms. The van der Waals surface area contributed by atoms with Crippen molar-refractivity contribution in [1.29, 1.82) is 0 Å². The van der Waals surface area contributed by atoms with E-state index in [9.17, 15) is 14.4 Å². The predicted octanol–water partition coefficient (Wildman–Crippen LogP) is 7.85. The van der Waals surface area contributed by atoms with Crippen molar-refractivity contribution < 1.29 is 19.1 Å². The number of unbranched alkanes of at least 4 members (excludes halogenated alkanes) is 4. The number of anilines is 1. The van der Waals surface area contributed by atoms with E-state index in [1.165, 1.54) is 0 Å². The molecule has 0 bridgehead atoms. The van der Waals surface area contributed by atoms with Crippen molar-refractivity contribution in [3.8, 4) is 0 Å². The first-order chi connectivity index (χ1) is 19.9. The summed E-state index contributed by atoms with van der Waals surface area (Å²) in [7, 11) is 0. The molecule has 3 rings (SSSR count). The molecule has 0 aliphatic heterocycles. The van der Waals surface area contributed by atoms with Gasteiger partial charge in [0, 0.05) is 12.2 Å². The van der Waals surface area contributed by atoms with Crippen LogP contribution in [0.25, 0.3) is 10.8 Å². The first kappa shape index (κ1) is 32.6. The molecule has 0 heterocycles. The Bertz CT molecular complexity index is 1380. The number of rotatable bonds is 12. The van der Waals surface area contributed by atoms with Gasteiger partial charge in [-0.2, -0.15) is 0 Å². The summed E-state index contributed by atoms with van der Waals surface area (Å²) in [5.41, 5.74) is 2.63. The van der Waals surface area contributed by atoms with Crippen molar-refractivity contribution in [1.82, 2.24) is 10.2 Å². The van der Waals surface area contributed by atoms with Crippen molar-refractivity contribution in [2.75, 3.05) is 11.9 Å². The standard InChI is InChI=1S/C35H47N3O4/c1-8-9-10-11-14-21-38(33(40)26(4)36-34(41)42-35(5,6)7)31(30-22-24(2)17-18-25(30)3)32(39)37-29-20-19-27-15-12-13-16-28(27)23-29/h12-13,15-20,22-23,26,31H,8-11,14,21H2,1-7H3,(H,36,41)(H,37,39). The van der Waals surface area contributed by atoms with E-state index in [0.717, 1.165) is 59.6 Å². The molecule has 7 heteroatoms. The Kier molecular flexibility index (Phi) is 11.5. The molecule has 0 aliphatic carbocycles. The van der Waals surface area contributed by atoms with Gasteiger partial charge < -0.3 is 20.3 Å². The second-order valence-electron chi connectivity index (χ2n) is 12.1. The van der Waals surface area contributed by atoms with Crippen molar-refractivity contribution in [3.05, 3.63) is 77.4 Å². The number of aryl methyl sites for hydroxylation is 2. The predicted molar refractivity (Wildman–Crippen MR) is 171 cm³/mol. The minimum absolute atomic E-state index is 0.301. The third-order valence-electron chi connectivity index (χ3n) is 7.20. The zero-order valence-electron chi connectivity index (χ0n) is 26.3. The smallest absolute Gasteiger partial charge is 0.408 e. The number of nitrogens with one attached hydrogen (secondary N) is 2. The van der Waals surface area contributed by atoms with Crippen LogP contribution in [0.15, 0.2) is 60.7 Å². The highest BCUT2D eigenvalue weighted by Gasteiger charge is 2.35. The van der Waals surface area contributed by atoms with Crippen molar-refractivity contribution >= 4 is 34.4 Å². The maximum absolute atomic E-state index is 14.2. The summed E-state index contributed by atoms with van der Waals surface area (Å²) in [6.07, 6.45) is 4.30. The monoisotopic (exact) mass is 573 g/mol. The van der Waals surface area contributed by atoms with Crippen LogP contribution in [0.4, 0.5) is 10.5 Å². The van der Waals surface area contributed by atoms with Crippen LogP contribution in [0.2, 0.25) is 0 Å². The van der Waals surface area contributed by atoms with Gasteiger partial charge in [-0.25, -0.2) is 4.79 Å². The minimum Gasteiger partial charge on any atom is -0.444 e. The minimum atomic E-state index is -0.892. The number of carbonyl (C=O) groups is 3. The van der Waals surface area contributed by atoms with Gasteiger partial charge in [0.05, 0.1) is 0 Å². The van der Waals surface area contributed by atoms with Gasteiger partial charge in [-0.05, 0) is 82.0 Å². The first-order valence-electron chi connectivity index (χ1n) is 15.1. The van der Waals surface area contributed by atoms with Crippen LogP contribution in [-0.2, 0) is 14.3 Å². The Morgan fingerprint density at radius 2 is 1.57 bits per heavy atom. The van der Waals surface area contributed by atoms with Crippen LogP contribution >= 0.6 is 0 Å². The van der Waals surface area contributed by atoms with Gasteiger partial charge in [-0.1, -0.05) is 86.7 Å². The summed E-state index contributed by atoms with van der Waals surface area (Å²) in [6, 6.07) is 17.9. The third-order valence-corrected chi connectivity index (χ3v) is 7.20. The summed E-state index contributed by atoms with van der Waals surface area (Å²) in [6.45, 7) is 13.4. The van der Waals surface area contributed by atoms with Gasteiger partial charge in [-0.15, -0.1) is 0 Å². The van der Waals surface area contributed by atoms with Gasteiger partial charge in [0.2, 0.25) is 5.91 Å². The molecule has 2 N–H and O–H groups in total. The second-order valence-corrected chi connectivity index (χ2v) is 12.1. The highest BCUT2D eigenvalue weighted by molar-refractivity contribution is 6.00. The average Bonchev–Trinajstić information content (AvgIpc) is 2.92. The normalized spacial score (nSPS) is 12.8. The molecule has 0 saturated heterocycles. The fourth-order valence-electron chi connectivity index (χ4n) is 5.03. The Hall–Kier alpha value is -3.87. The quantitative estimate of drug-likeness (QED) is 0.216. The SMILES string of the molecule is CCCCCCCN(C(=O)C(C)NC(=O)OC(C)(C)C)C(C(=O)Nc1ccc2ccccc2c1)c1cc(C)ccc1C. The molecule has 0 saturated carbocycles. The van der Waals surface area contributed by atoms with Crippen LogP contribution in [0.3, 0.4) is 0 Å². The summed E-state index contributed by atoms with van der Waals surface area (Å²) in [5.74, 6) is -0.638. The number of amides is 3. The average molecular weight is 574 g/mol.